The van der Waals surface area contributed by atoms with Crippen molar-refractivity contribution in [1.29, 1.82) is 0 Å². The average molecular weight is 452 g/mol. The van der Waals surface area contributed by atoms with Crippen LogP contribution in [0.1, 0.15) is 73.6 Å². The molecule has 182 valence electrons. The van der Waals surface area contributed by atoms with Crippen LogP contribution in [-0.4, -0.2) is 70.2 Å². The number of nitrogens with one attached hydrogen (secondary N) is 2. The van der Waals surface area contributed by atoms with Crippen LogP contribution in [0.3, 0.4) is 0 Å². The Bertz CT molecular complexity index is 750. The second-order valence-electron chi connectivity index (χ2n) is 11.1. The second-order valence-corrected chi connectivity index (χ2v) is 11.1. The highest BCUT2D eigenvalue weighted by Crippen LogP contribution is 2.65. The normalized spacial score (nSPS) is 35.8. The summed E-state index contributed by atoms with van der Waals surface area (Å²) < 4.78 is 6.65. The number of hydrogen-bond donors (Lipinski definition) is 3. The third-order valence-corrected chi connectivity index (χ3v) is 7.45. The predicted molar refractivity (Wildman–Crippen MR) is 121 cm³/mol. The fourth-order valence-electron chi connectivity index (χ4n) is 6.05. The summed E-state index contributed by atoms with van der Waals surface area (Å²) in [5.74, 6) is -1.76. The molecule has 32 heavy (non-hydrogen) atoms. The summed E-state index contributed by atoms with van der Waals surface area (Å²) in [4.78, 5) is 42.3. The van der Waals surface area contributed by atoms with Crippen LogP contribution in [-0.2, 0) is 19.1 Å². The van der Waals surface area contributed by atoms with Crippen LogP contribution >= 0.6 is 0 Å². The highest BCUT2D eigenvalue weighted by Gasteiger charge is 2.79. The first kappa shape index (κ1) is 25.0. The lowest BCUT2D eigenvalue weighted by molar-refractivity contribution is -0.148. The van der Waals surface area contributed by atoms with Gasteiger partial charge < -0.3 is 25.4 Å². The molecule has 3 saturated heterocycles. The molecule has 3 heterocycles. The van der Waals surface area contributed by atoms with Gasteiger partial charge in [-0.1, -0.05) is 13.8 Å². The Kier molecular flexibility index (Phi) is 6.97. The van der Waals surface area contributed by atoms with Crippen LogP contribution in [0.25, 0.3) is 0 Å². The van der Waals surface area contributed by atoms with Crippen molar-refractivity contribution in [2.24, 2.45) is 17.8 Å². The summed E-state index contributed by atoms with van der Waals surface area (Å²) in [6.07, 6.45) is 3.49. The van der Waals surface area contributed by atoms with Crippen LogP contribution in [0.15, 0.2) is 0 Å². The number of amides is 3. The molecule has 3 aliphatic rings. The number of ether oxygens (including phenoxy) is 1. The maximum Gasteiger partial charge on any atom is 0.246 e. The third-order valence-electron chi connectivity index (χ3n) is 7.45. The highest BCUT2D eigenvalue weighted by atomic mass is 16.5. The molecular weight excluding hydrogens is 410 g/mol. The van der Waals surface area contributed by atoms with Crippen molar-refractivity contribution in [3.05, 3.63) is 0 Å². The van der Waals surface area contributed by atoms with E-state index in [1.54, 1.807) is 4.90 Å². The fraction of sp³-hybridized carbons (Fsp3) is 0.875. The second kappa shape index (κ2) is 8.93. The molecule has 6 atom stereocenters. The van der Waals surface area contributed by atoms with Crippen LogP contribution in [0, 0.1) is 17.8 Å². The quantitative estimate of drug-likeness (QED) is 0.462. The highest BCUT2D eigenvalue weighted by molar-refractivity contribution is 5.99. The van der Waals surface area contributed by atoms with Gasteiger partial charge in [0.05, 0.1) is 17.4 Å². The van der Waals surface area contributed by atoms with E-state index in [1.807, 2.05) is 34.6 Å². The molecule has 0 aliphatic carbocycles. The summed E-state index contributed by atoms with van der Waals surface area (Å²) in [5.41, 5.74) is -2.23. The Hall–Kier alpha value is -1.67. The molecule has 3 amide bonds. The van der Waals surface area contributed by atoms with Crippen molar-refractivity contribution in [3.8, 4) is 0 Å². The summed E-state index contributed by atoms with van der Waals surface area (Å²) in [6, 6.07) is -0.762. The first-order chi connectivity index (χ1) is 14.9. The molecule has 8 heteroatoms. The van der Waals surface area contributed by atoms with Gasteiger partial charge >= 0.3 is 0 Å². The van der Waals surface area contributed by atoms with Gasteiger partial charge in [-0.05, 0) is 65.7 Å². The topological polar surface area (TPSA) is 108 Å². The number of nitrogens with zero attached hydrogens (tertiary/aromatic N) is 1. The van der Waals surface area contributed by atoms with E-state index in [0.717, 1.165) is 12.8 Å². The minimum atomic E-state index is -0.994. The molecule has 0 aromatic rings. The lowest BCUT2D eigenvalue weighted by Crippen LogP contribution is -2.58. The predicted octanol–water partition coefficient (Wildman–Crippen LogP) is 1.60. The standard InChI is InChI=1S/C24H41N3O5/c1-7-11-25-19(29)16-17-21(31)27(12-9-8-10-13-28)18(20(30)26-22(3,4)5)24(17)14-15(2)23(16,6)32-24/h15-18,28H,7-14H2,1-6H3,(H,25,29)(H,26,30)/t15?,16-,17-,18?,23+,24?/m0/s1. The molecule has 3 fully saturated rings. The van der Waals surface area contributed by atoms with E-state index in [4.69, 9.17) is 9.84 Å². The van der Waals surface area contributed by atoms with Gasteiger partial charge in [0.2, 0.25) is 17.7 Å². The average Bonchev–Trinajstić information content (AvgIpc) is 3.19. The molecule has 3 unspecified atom stereocenters. The Labute approximate surface area is 191 Å². The number of carbonyl (C=O) groups excluding carboxylic acids is 3. The van der Waals surface area contributed by atoms with E-state index in [1.165, 1.54) is 0 Å². The molecule has 0 aromatic heterocycles. The number of likely N-dealkylation sites (tertiary alicyclic amines) is 1. The van der Waals surface area contributed by atoms with E-state index >= 15 is 0 Å². The smallest absolute Gasteiger partial charge is 0.246 e. The minimum absolute atomic E-state index is 0.0446. The lowest BCUT2D eigenvalue weighted by Gasteiger charge is -2.36. The third kappa shape index (κ3) is 4.04. The maximum atomic E-state index is 13.8. The molecule has 0 saturated carbocycles. The monoisotopic (exact) mass is 451 g/mol. The van der Waals surface area contributed by atoms with Gasteiger partial charge in [-0.3, -0.25) is 14.4 Å². The van der Waals surface area contributed by atoms with Gasteiger partial charge in [-0.2, -0.15) is 0 Å². The zero-order valence-corrected chi connectivity index (χ0v) is 20.5. The van der Waals surface area contributed by atoms with E-state index < -0.39 is 34.6 Å². The zero-order chi connectivity index (χ0) is 23.9. The number of unbranched alkanes of at least 4 members (excludes halogenated alkanes) is 2. The van der Waals surface area contributed by atoms with Gasteiger partial charge in [-0.25, -0.2) is 0 Å². The van der Waals surface area contributed by atoms with Gasteiger partial charge in [0.15, 0.2) is 0 Å². The largest absolute Gasteiger partial charge is 0.396 e. The molecule has 1 spiro atoms. The zero-order valence-electron chi connectivity index (χ0n) is 20.5. The van der Waals surface area contributed by atoms with Gasteiger partial charge in [0, 0.05) is 25.2 Å². The fourth-order valence-corrected chi connectivity index (χ4v) is 6.05. The minimum Gasteiger partial charge on any atom is -0.396 e. The summed E-state index contributed by atoms with van der Waals surface area (Å²) in [5, 5.41) is 15.1. The molecule has 0 aromatic carbocycles. The molecule has 3 aliphatic heterocycles. The summed E-state index contributed by atoms with van der Waals surface area (Å²) in [6.45, 7) is 12.8. The van der Waals surface area contributed by atoms with E-state index in [-0.39, 0.29) is 30.2 Å². The first-order valence-corrected chi connectivity index (χ1v) is 12.1. The molecule has 3 rings (SSSR count). The van der Waals surface area contributed by atoms with Gasteiger partial charge in [0.1, 0.15) is 11.6 Å². The molecule has 3 N–H and O–H groups in total. The van der Waals surface area contributed by atoms with Crippen LogP contribution < -0.4 is 10.6 Å². The number of aliphatic hydroxyl groups excluding tert-OH is 1. The van der Waals surface area contributed by atoms with Crippen molar-refractivity contribution >= 4 is 17.7 Å². The van der Waals surface area contributed by atoms with Crippen LogP contribution in [0.2, 0.25) is 0 Å². The Balaban J connectivity index is 1.99. The summed E-state index contributed by atoms with van der Waals surface area (Å²) >= 11 is 0. The Morgan fingerprint density at radius 3 is 2.50 bits per heavy atom. The summed E-state index contributed by atoms with van der Waals surface area (Å²) in [7, 11) is 0. The van der Waals surface area contributed by atoms with E-state index in [2.05, 4.69) is 17.6 Å². The van der Waals surface area contributed by atoms with E-state index in [0.29, 0.717) is 32.4 Å². The van der Waals surface area contributed by atoms with E-state index in [9.17, 15) is 14.4 Å². The van der Waals surface area contributed by atoms with Crippen LogP contribution in [0.5, 0.6) is 0 Å². The Morgan fingerprint density at radius 1 is 1.22 bits per heavy atom. The molecule has 2 bridgehead atoms. The van der Waals surface area contributed by atoms with Crippen LogP contribution in [0.4, 0.5) is 0 Å². The van der Waals surface area contributed by atoms with Crippen molar-refractivity contribution in [3.63, 3.8) is 0 Å². The van der Waals surface area contributed by atoms with Gasteiger partial charge in [-0.15, -0.1) is 0 Å². The number of fused-ring (bicyclic) bond motifs is 1. The molecular formula is C24H41N3O5. The van der Waals surface area contributed by atoms with Crippen molar-refractivity contribution in [1.82, 2.24) is 15.5 Å². The van der Waals surface area contributed by atoms with Crippen molar-refractivity contribution < 1.29 is 24.2 Å². The number of carbonyl (C=O) groups is 3. The van der Waals surface area contributed by atoms with Crippen molar-refractivity contribution in [2.45, 2.75) is 96.4 Å². The SMILES string of the molecule is CCCNC(=O)[C@@H]1[C@H]2C(=O)N(CCCCCO)C(C(=O)NC(C)(C)C)C23CC(C)[C@@]1(C)O3. The van der Waals surface area contributed by atoms with Crippen molar-refractivity contribution in [2.75, 3.05) is 19.7 Å². The number of hydrogen-bond acceptors (Lipinski definition) is 5. The number of aliphatic hydroxyl groups is 1. The first-order valence-electron chi connectivity index (χ1n) is 12.1. The number of rotatable bonds is 9. The van der Waals surface area contributed by atoms with Gasteiger partial charge in [0.25, 0.3) is 0 Å². The molecule has 8 nitrogen and oxygen atoms in total. The lowest BCUT2D eigenvalue weighted by atomic mass is 9.62. The Morgan fingerprint density at radius 2 is 1.91 bits per heavy atom. The molecule has 0 radical (unpaired) electrons. The maximum absolute atomic E-state index is 13.8.